The Labute approximate surface area is 116 Å². The summed E-state index contributed by atoms with van der Waals surface area (Å²) in [6.45, 7) is 4.89. The van der Waals surface area contributed by atoms with E-state index in [-0.39, 0.29) is 5.91 Å². The van der Waals surface area contributed by atoms with Crippen molar-refractivity contribution in [2.75, 3.05) is 34.2 Å². The number of quaternary nitrogens is 1. The Hall–Kier alpha value is -1.39. The lowest BCUT2D eigenvalue weighted by atomic mass is 10.1. The number of carbonyl (C=O) groups excluding carboxylic acids is 1. The number of rotatable bonds is 6. The summed E-state index contributed by atoms with van der Waals surface area (Å²) in [6.07, 6.45) is 0. The first-order valence-electron chi connectivity index (χ1n) is 6.65. The summed E-state index contributed by atoms with van der Waals surface area (Å²) in [7, 11) is 6.19. The largest absolute Gasteiger partial charge is 0.342 e. The number of hydrogen-bond donors (Lipinski definition) is 1. The van der Waals surface area contributed by atoms with Crippen molar-refractivity contribution in [3.05, 3.63) is 35.4 Å². The van der Waals surface area contributed by atoms with Crippen LogP contribution < -0.4 is 5.73 Å². The molecular formula is C15H26N3O+. The first-order valence-corrected chi connectivity index (χ1v) is 6.65. The molecule has 19 heavy (non-hydrogen) atoms. The van der Waals surface area contributed by atoms with Crippen LogP contribution in [-0.4, -0.2) is 49.5 Å². The number of nitrogens with two attached hydrogens (primary N) is 1. The number of carbonyl (C=O) groups is 1. The quantitative estimate of drug-likeness (QED) is 0.785. The van der Waals surface area contributed by atoms with E-state index in [9.17, 15) is 4.79 Å². The van der Waals surface area contributed by atoms with Gasteiger partial charge in [0, 0.05) is 32.6 Å². The van der Waals surface area contributed by atoms with E-state index in [1.165, 1.54) is 5.56 Å². The molecule has 0 heterocycles. The summed E-state index contributed by atoms with van der Waals surface area (Å²) < 4.78 is 0.892. The number of hydrogen-bond acceptors (Lipinski definition) is 2. The molecule has 0 saturated carbocycles. The molecule has 0 radical (unpaired) electrons. The van der Waals surface area contributed by atoms with Crippen molar-refractivity contribution >= 4 is 5.91 Å². The third kappa shape index (κ3) is 5.41. The van der Waals surface area contributed by atoms with E-state index in [1.807, 2.05) is 7.05 Å². The molecule has 4 heteroatoms. The molecule has 0 aliphatic carbocycles. The second kappa shape index (κ2) is 6.68. The van der Waals surface area contributed by atoms with Gasteiger partial charge in [-0.2, -0.15) is 0 Å². The Morgan fingerprint density at radius 2 is 1.74 bits per heavy atom. The summed E-state index contributed by atoms with van der Waals surface area (Å²) in [5.74, 6) is 0.0878. The van der Waals surface area contributed by atoms with Crippen molar-refractivity contribution in [1.82, 2.24) is 4.90 Å². The van der Waals surface area contributed by atoms with E-state index < -0.39 is 0 Å². The number of nitrogens with zero attached hydrogens (tertiary/aromatic N) is 2. The highest BCUT2D eigenvalue weighted by molar-refractivity contribution is 5.72. The molecule has 0 aliphatic heterocycles. The highest BCUT2D eigenvalue weighted by atomic mass is 16.2. The summed E-state index contributed by atoms with van der Waals surface area (Å²) in [5, 5.41) is 0. The smallest absolute Gasteiger partial charge is 0.219 e. The van der Waals surface area contributed by atoms with Crippen molar-refractivity contribution in [3.63, 3.8) is 0 Å². The van der Waals surface area contributed by atoms with E-state index in [0.29, 0.717) is 13.1 Å². The van der Waals surface area contributed by atoms with Crippen molar-refractivity contribution in [3.8, 4) is 0 Å². The highest BCUT2D eigenvalue weighted by Crippen LogP contribution is 2.11. The number of likely N-dealkylation sites (N-methyl/N-ethyl adjacent to an activating group) is 1. The molecule has 4 nitrogen and oxygen atoms in total. The molecule has 0 bridgehead atoms. The van der Waals surface area contributed by atoms with E-state index in [1.54, 1.807) is 11.8 Å². The summed E-state index contributed by atoms with van der Waals surface area (Å²) >= 11 is 0. The minimum Gasteiger partial charge on any atom is -0.342 e. The van der Waals surface area contributed by atoms with Gasteiger partial charge in [0.05, 0.1) is 20.6 Å². The minimum atomic E-state index is 0.0878. The maximum Gasteiger partial charge on any atom is 0.219 e. The van der Waals surface area contributed by atoms with Crippen LogP contribution in [0.2, 0.25) is 0 Å². The number of amides is 1. The van der Waals surface area contributed by atoms with Gasteiger partial charge in [-0.3, -0.25) is 4.79 Å². The molecule has 0 saturated heterocycles. The van der Waals surface area contributed by atoms with Crippen LogP contribution >= 0.6 is 0 Å². The van der Waals surface area contributed by atoms with Gasteiger partial charge in [-0.25, -0.2) is 0 Å². The van der Waals surface area contributed by atoms with Crippen LogP contribution in [0.15, 0.2) is 24.3 Å². The average molecular weight is 264 g/mol. The van der Waals surface area contributed by atoms with E-state index in [2.05, 4.69) is 38.4 Å². The van der Waals surface area contributed by atoms with Gasteiger partial charge in [0.25, 0.3) is 0 Å². The van der Waals surface area contributed by atoms with Gasteiger partial charge in [-0.15, -0.1) is 0 Å². The average Bonchev–Trinajstić information content (AvgIpc) is 2.31. The van der Waals surface area contributed by atoms with Crippen molar-refractivity contribution in [2.24, 2.45) is 5.73 Å². The summed E-state index contributed by atoms with van der Waals surface area (Å²) in [4.78, 5) is 12.9. The fraction of sp³-hybridized carbons (Fsp3) is 0.533. The fourth-order valence-corrected chi connectivity index (χ4v) is 2.06. The highest BCUT2D eigenvalue weighted by Gasteiger charge is 2.14. The molecule has 0 atom stereocenters. The van der Waals surface area contributed by atoms with Crippen LogP contribution in [0.3, 0.4) is 0 Å². The zero-order valence-electron chi connectivity index (χ0n) is 12.5. The molecule has 0 aromatic heterocycles. The first-order chi connectivity index (χ1) is 8.84. The molecule has 1 aromatic rings. The fourth-order valence-electron chi connectivity index (χ4n) is 2.06. The van der Waals surface area contributed by atoms with Gasteiger partial charge in [0.2, 0.25) is 5.91 Å². The van der Waals surface area contributed by atoms with Crippen LogP contribution in [0.5, 0.6) is 0 Å². The van der Waals surface area contributed by atoms with Gasteiger partial charge in [0.1, 0.15) is 6.54 Å². The SMILES string of the molecule is CC(=O)N(C)Cc1ccc(C[N+](C)(C)CCN)cc1. The monoisotopic (exact) mass is 264 g/mol. The molecule has 0 unspecified atom stereocenters. The van der Waals surface area contributed by atoms with E-state index >= 15 is 0 Å². The summed E-state index contributed by atoms with van der Waals surface area (Å²) in [6, 6.07) is 8.47. The Bertz CT molecular complexity index is 412. The Kier molecular flexibility index (Phi) is 5.51. The molecule has 106 valence electrons. The van der Waals surface area contributed by atoms with Gasteiger partial charge >= 0.3 is 0 Å². The molecule has 0 spiro atoms. The van der Waals surface area contributed by atoms with Crippen LogP contribution in [0.4, 0.5) is 0 Å². The van der Waals surface area contributed by atoms with Crippen LogP contribution in [0.1, 0.15) is 18.1 Å². The molecular weight excluding hydrogens is 238 g/mol. The van der Waals surface area contributed by atoms with Gasteiger partial charge in [-0.1, -0.05) is 24.3 Å². The van der Waals surface area contributed by atoms with Crippen LogP contribution in [0.25, 0.3) is 0 Å². The van der Waals surface area contributed by atoms with Gasteiger partial charge in [0.15, 0.2) is 0 Å². The number of benzene rings is 1. The standard InChI is InChI=1S/C15H26N3O/c1-13(19)17(2)11-14-5-7-15(8-6-14)12-18(3,4)10-9-16/h5-8H,9-12,16H2,1-4H3/q+1. The predicted molar refractivity (Wildman–Crippen MR) is 78.3 cm³/mol. The second-order valence-electron chi connectivity index (χ2n) is 5.80. The second-order valence-corrected chi connectivity index (χ2v) is 5.80. The predicted octanol–water partition coefficient (Wildman–Crippen LogP) is 1.20. The van der Waals surface area contributed by atoms with Crippen molar-refractivity contribution in [1.29, 1.82) is 0 Å². The molecule has 1 aromatic carbocycles. The molecule has 0 fully saturated rings. The Morgan fingerprint density at radius 3 is 2.21 bits per heavy atom. The van der Waals surface area contributed by atoms with Crippen molar-refractivity contribution in [2.45, 2.75) is 20.0 Å². The molecule has 1 rings (SSSR count). The zero-order valence-corrected chi connectivity index (χ0v) is 12.5. The van der Waals surface area contributed by atoms with Crippen LogP contribution in [0, 0.1) is 0 Å². The zero-order chi connectivity index (χ0) is 14.5. The lowest BCUT2D eigenvalue weighted by Crippen LogP contribution is -2.42. The van der Waals surface area contributed by atoms with Crippen molar-refractivity contribution < 1.29 is 9.28 Å². The molecule has 2 N–H and O–H groups in total. The lowest BCUT2D eigenvalue weighted by molar-refractivity contribution is -0.902. The summed E-state index contributed by atoms with van der Waals surface area (Å²) in [5.41, 5.74) is 8.08. The van der Waals surface area contributed by atoms with Crippen LogP contribution in [-0.2, 0) is 17.9 Å². The van der Waals surface area contributed by atoms with Gasteiger partial charge in [-0.05, 0) is 5.56 Å². The first kappa shape index (κ1) is 15.7. The Balaban J connectivity index is 2.64. The lowest BCUT2D eigenvalue weighted by Gasteiger charge is -2.29. The Morgan fingerprint density at radius 1 is 1.21 bits per heavy atom. The molecule has 1 amide bonds. The van der Waals surface area contributed by atoms with E-state index in [0.717, 1.165) is 23.1 Å². The maximum absolute atomic E-state index is 11.2. The van der Waals surface area contributed by atoms with E-state index in [4.69, 9.17) is 5.73 Å². The normalized spacial score (nSPS) is 11.4. The topological polar surface area (TPSA) is 46.3 Å². The third-order valence-corrected chi connectivity index (χ3v) is 3.33. The molecule has 0 aliphatic rings. The third-order valence-electron chi connectivity index (χ3n) is 3.33. The van der Waals surface area contributed by atoms with Gasteiger partial charge < -0.3 is 15.1 Å². The minimum absolute atomic E-state index is 0.0878. The maximum atomic E-state index is 11.2.